The number of anilines is 1. The van der Waals surface area contributed by atoms with Crippen LogP contribution in [0.3, 0.4) is 0 Å². The highest BCUT2D eigenvalue weighted by molar-refractivity contribution is 5.97. The van der Waals surface area contributed by atoms with Crippen LogP contribution >= 0.6 is 0 Å². The first kappa shape index (κ1) is 15.1. The maximum atomic E-state index is 12.0. The second kappa shape index (κ2) is 7.45. The zero-order chi connectivity index (χ0) is 15.1. The average Bonchev–Trinajstić information content (AvgIpc) is 2.54. The van der Waals surface area contributed by atoms with Crippen molar-refractivity contribution >= 4 is 11.5 Å². The summed E-state index contributed by atoms with van der Waals surface area (Å²) in [5.74, 6) is 0.634. The Morgan fingerprint density at radius 3 is 2.29 bits per heavy atom. The normalized spacial score (nSPS) is 10.2. The van der Waals surface area contributed by atoms with Crippen molar-refractivity contribution in [2.45, 2.75) is 6.61 Å². The highest BCUT2D eigenvalue weighted by atomic mass is 16.5. The van der Waals surface area contributed by atoms with Gasteiger partial charge in [-0.2, -0.15) is 0 Å². The van der Waals surface area contributed by atoms with E-state index in [4.69, 9.17) is 9.47 Å². The van der Waals surface area contributed by atoms with Crippen LogP contribution in [0.4, 0.5) is 5.69 Å². The van der Waals surface area contributed by atoms with E-state index in [1.165, 1.54) is 0 Å². The lowest BCUT2D eigenvalue weighted by atomic mass is 10.1. The molecule has 0 unspecified atom stereocenters. The van der Waals surface area contributed by atoms with Gasteiger partial charge in [0.05, 0.1) is 6.61 Å². The van der Waals surface area contributed by atoms with Crippen LogP contribution in [0.1, 0.15) is 15.9 Å². The standard InChI is InChI=1S/C17H19NO3/c1-18-15-7-9-16(10-8-15)21-12-17(19)14-5-3-13(4-6-14)11-20-2/h3-10,18H,11-12H2,1-2H3. The molecular formula is C17H19NO3. The molecule has 0 heterocycles. The van der Waals surface area contributed by atoms with E-state index in [9.17, 15) is 4.79 Å². The van der Waals surface area contributed by atoms with Gasteiger partial charge in [-0.3, -0.25) is 4.79 Å². The molecule has 0 fully saturated rings. The number of ether oxygens (including phenoxy) is 2. The lowest BCUT2D eigenvalue weighted by Crippen LogP contribution is -2.11. The van der Waals surface area contributed by atoms with Gasteiger partial charge in [-0.15, -0.1) is 0 Å². The predicted octanol–water partition coefficient (Wildman–Crippen LogP) is 3.14. The van der Waals surface area contributed by atoms with Gasteiger partial charge in [0.25, 0.3) is 0 Å². The largest absolute Gasteiger partial charge is 0.485 e. The average molecular weight is 285 g/mol. The monoisotopic (exact) mass is 285 g/mol. The Labute approximate surface area is 124 Å². The van der Waals surface area contributed by atoms with Gasteiger partial charge < -0.3 is 14.8 Å². The Hall–Kier alpha value is -2.33. The van der Waals surface area contributed by atoms with Gasteiger partial charge in [-0.1, -0.05) is 24.3 Å². The van der Waals surface area contributed by atoms with E-state index in [0.717, 1.165) is 11.3 Å². The summed E-state index contributed by atoms with van der Waals surface area (Å²) in [7, 11) is 3.50. The number of methoxy groups -OCH3 is 1. The summed E-state index contributed by atoms with van der Waals surface area (Å²) in [5, 5.41) is 3.03. The topological polar surface area (TPSA) is 47.6 Å². The summed E-state index contributed by atoms with van der Waals surface area (Å²) in [6.07, 6.45) is 0. The summed E-state index contributed by atoms with van der Waals surface area (Å²) in [6.45, 7) is 0.575. The molecule has 0 amide bonds. The highest BCUT2D eigenvalue weighted by Crippen LogP contribution is 2.15. The van der Waals surface area contributed by atoms with E-state index in [1.54, 1.807) is 19.2 Å². The minimum atomic E-state index is -0.0448. The van der Waals surface area contributed by atoms with Crippen LogP contribution in [0.2, 0.25) is 0 Å². The van der Waals surface area contributed by atoms with Crippen LogP contribution in [-0.2, 0) is 11.3 Å². The predicted molar refractivity (Wildman–Crippen MR) is 83.0 cm³/mol. The zero-order valence-electron chi connectivity index (χ0n) is 12.3. The Kier molecular flexibility index (Phi) is 5.35. The molecule has 0 aliphatic heterocycles. The van der Waals surface area contributed by atoms with Crippen LogP contribution in [0, 0.1) is 0 Å². The fraction of sp³-hybridized carbons (Fsp3) is 0.235. The molecule has 2 rings (SSSR count). The van der Waals surface area contributed by atoms with E-state index in [-0.39, 0.29) is 12.4 Å². The molecule has 2 aromatic rings. The fourth-order valence-corrected chi connectivity index (χ4v) is 1.90. The van der Waals surface area contributed by atoms with Crippen molar-refractivity contribution in [3.8, 4) is 5.75 Å². The minimum absolute atomic E-state index is 0.0303. The molecule has 0 bridgehead atoms. The van der Waals surface area contributed by atoms with Crippen molar-refractivity contribution in [1.29, 1.82) is 0 Å². The fourth-order valence-electron chi connectivity index (χ4n) is 1.90. The number of benzene rings is 2. The third-order valence-electron chi connectivity index (χ3n) is 3.10. The van der Waals surface area contributed by atoms with Gasteiger partial charge in [0.15, 0.2) is 12.4 Å². The second-order valence-electron chi connectivity index (χ2n) is 4.62. The molecule has 0 radical (unpaired) electrons. The van der Waals surface area contributed by atoms with Crippen molar-refractivity contribution < 1.29 is 14.3 Å². The molecule has 110 valence electrons. The van der Waals surface area contributed by atoms with Crippen molar-refractivity contribution in [2.24, 2.45) is 0 Å². The SMILES string of the molecule is CNc1ccc(OCC(=O)c2ccc(COC)cc2)cc1. The van der Waals surface area contributed by atoms with E-state index in [0.29, 0.717) is 17.9 Å². The summed E-state index contributed by atoms with van der Waals surface area (Å²) >= 11 is 0. The Morgan fingerprint density at radius 2 is 1.71 bits per heavy atom. The number of nitrogens with one attached hydrogen (secondary N) is 1. The number of ketones is 1. The van der Waals surface area contributed by atoms with E-state index < -0.39 is 0 Å². The molecule has 1 N–H and O–H groups in total. The van der Waals surface area contributed by atoms with Gasteiger partial charge in [0, 0.05) is 25.4 Å². The van der Waals surface area contributed by atoms with Gasteiger partial charge in [0.1, 0.15) is 5.75 Å². The number of Topliss-reactive ketones (excluding diaryl/α,β-unsaturated/α-hetero) is 1. The Bertz CT molecular complexity index is 576. The van der Waals surface area contributed by atoms with Crippen LogP contribution in [-0.4, -0.2) is 26.5 Å². The molecule has 0 aromatic heterocycles. The van der Waals surface area contributed by atoms with Gasteiger partial charge in [-0.25, -0.2) is 0 Å². The first-order valence-electron chi connectivity index (χ1n) is 6.74. The highest BCUT2D eigenvalue weighted by Gasteiger charge is 2.07. The van der Waals surface area contributed by atoms with E-state index in [2.05, 4.69) is 5.32 Å². The van der Waals surface area contributed by atoms with Crippen molar-refractivity contribution in [3.05, 3.63) is 59.7 Å². The van der Waals surface area contributed by atoms with Crippen LogP contribution in [0.15, 0.2) is 48.5 Å². The van der Waals surface area contributed by atoms with Crippen molar-refractivity contribution in [1.82, 2.24) is 0 Å². The number of hydrogen-bond donors (Lipinski definition) is 1. The molecular weight excluding hydrogens is 266 g/mol. The smallest absolute Gasteiger partial charge is 0.200 e. The van der Waals surface area contributed by atoms with Gasteiger partial charge in [-0.05, 0) is 29.8 Å². The third-order valence-corrected chi connectivity index (χ3v) is 3.10. The van der Waals surface area contributed by atoms with Gasteiger partial charge in [0.2, 0.25) is 0 Å². The third kappa shape index (κ3) is 4.33. The molecule has 0 saturated carbocycles. The number of rotatable bonds is 7. The molecule has 0 saturated heterocycles. The molecule has 4 heteroatoms. The lowest BCUT2D eigenvalue weighted by Gasteiger charge is -2.07. The molecule has 2 aromatic carbocycles. The van der Waals surface area contributed by atoms with Crippen LogP contribution < -0.4 is 10.1 Å². The number of carbonyl (C=O) groups excluding carboxylic acids is 1. The van der Waals surface area contributed by atoms with E-state index in [1.807, 2.05) is 43.4 Å². The molecule has 4 nitrogen and oxygen atoms in total. The first-order valence-corrected chi connectivity index (χ1v) is 6.74. The van der Waals surface area contributed by atoms with Crippen molar-refractivity contribution in [3.63, 3.8) is 0 Å². The minimum Gasteiger partial charge on any atom is -0.485 e. The summed E-state index contributed by atoms with van der Waals surface area (Å²) in [5.41, 5.74) is 2.68. The first-order chi connectivity index (χ1) is 10.2. The maximum Gasteiger partial charge on any atom is 0.200 e. The molecule has 0 spiro atoms. The second-order valence-corrected chi connectivity index (χ2v) is 4.62. The maximum absolute atomic E-state index is 12.0. The van der Waals surface area contributed by atoms with Crippen LogP contribution in [0.25, 0.3) is 0 Å². The molecule has 0 aliphatic carbocycles. The summed E-state index contributed by atoms with van der Waals surface area (Å²) in [6, 6.07) is 14.8. The lowest BCUT2D eigenvalue weighted by molar-refractivity contribution is 0.0921. The summed E-state index contributed by atoms with van der Waals surface area (Å²) in [4.78, 5) is 12.0. The Balaban J connectivity index is 1.91. The molecule has 0 aliphatic rings. The summed E-state index contributed by atoms with van der Waals surface area (Å²) < 4.78 is 10.5. The zero-order valence-corrected chi connectivity index (χ0v) is 12.3. The van der Waals surface area contributed by atoms with Crippen molar-refractivity contribution in [2.75, 3.05) is 26.1 Å². The molecule has 0 atom stereocenters. The van der Waals surface area contributed by atoms with E-state index >= 15 is 0 Å². The van der Waals surface area contributed by atoms with Gasteiger partial charge >= 0.3 is 0 Å². The number of hydrogen-bond acceptors (Lipinski definition) is 4. The Morgan fingerprint density at radius 1 is 1.05 bits per heavy atom. The molecule has 21 heavy (non-hydrogen) atoms. The van der Waals surface area contributed by atoms with Crippen LogP contribution in [0.5, 0.6) is 5.75 Å². The number of carbonyl (C=O) groups is 1. The quantitative estimate of drug-likeness (QED) is 0.794.